The van der Waals surface area contributed by atoms with E-state index in [2.05, 4.69) is 42.1 Å². The molecule has 1 aromatic carbocycles. The first-order valence-corrected chi connectivity index (χ1v) is 6.87. The summed E-state index contributed by atoms with van der Waals surface area (Å²) in [5.41, 5.74) is 2.50. The van der Waals surface area contributed by atoms with E-state index in [-0.39, 0.29) is 0 Å². The second kappa shape index (κ2) is 6.09. The van der Waals surface area contributed by atoms with Crippen molar-refractivity contribution in [3.05, 3.63) is 40.5 Å². The monoisotopic (exact) mass is 291 g/mol. The Labute approximate surface area is 124 Å². The molecule has 1 N–H and O–H groups in total. The molecule has 106 valence electrons. The second-order valence-electron chi connectivity index (χ2n) is 4.87. The van der Waals surface area contributed by atoms with Crippen molar-refractivity contribution in [2.24, 2.45) is 0 Å². The molecular formula is C15H18ClN3O. The number of aromatic nitrogens is 2. The van der Waals surface area contributed by atoms with Gasteiger partial charge in [0, 0.05) is 7.05 Å². The minimum absolute atomic E-state index is 0.350. The van der Waals surface area contributed by atoms with Crippen molar-refractivity contribution in [3.63, 3.8) is 0 Å². The van der Waals surface area contributed by atoms with E-state index in [1.54, 1.807) is 7.05 Å². The highest BCUT2D eigenvalue weighted by atomic mass is 35.5. The lowest BCUT2D eigenvalue weighted by atomic mass is 9.98. The Morgan fingerprint density at radius 3 is 2.65 bits per heavy atom. The number of halogens is 1. The third-order valence-corrected chi connectivity index (χ3v) is 3.27. The number of nitrogens with zero attached hydrogens (tertiary/aromatic N) is 2. The van der Waals surface area contributed by atoms with Gasteiger partial charge in [-0.25, -0.2) is 4.98 Å². The molecule has 2 rings (SSSR count). The molecular weight excluding hydrogens is 274 g/mol. The minimum atomic E-state index is 0.350. The molecule has 5 heteroatoms. The van der Waals surface area contributed by atoms with Gasteiger partial charge in [-0.05, 0) is 36.1 Å². The quantitative estimate of drug-likeness (QED) is 0.907. The Morgan fingerprint density at radius 1 is 1.30 bits per heavy atom. The van der Waals surface area contributed by atoms with E-state index in [1.807, 2.05) is 12.1 Å². The summed E-state index contributed by atoms with van der Waals surface area (Å²) >= 11 is 6.05. The molecule has 1 aromatic heterocycles. The molecule has 0 saturated heterocycles. The highest BCUT2D eigenvalue weighted by molar-refractivity contribution is 6.31. The van der Waals surface area contributed by atoms with Gasteiger partial charge in [-0.15, -0.1) is 0 Å². The number of benzene rings is 1. The van der Waals surface area contributed by atoms with Crippen LogP contribution < -0.4 is 10.1 Å². The first-order valence-electron chi connectivity index (χ1n) is 6.50. The van der Waals surface area contributed by atoms with Gasteiger partial charge < -0.3 is 10.1 Å². The zero-order chi connectivity index (χ0) is 14.7. The molecule has 2 aromatic rings. The van der Waals surface area contributed by atoms with E-state index < -0.39 is 0 Å². The van der Waals surface area contributed by atoms with Crippen LogP contribution in [0.2, 0.25) is 5.02 Å². The summed E-state index contributed by atoms with van der Waals surface area (Å²) in [5, 5.41) is 3.24. The number of anilines is 1. The van der Waals surface area contributed by atoms with Crippen molar-refractivity contribution in [3.8, 4) is 11.6 Å². The SMILES string of the molecule is CNc1ncc(Cl)c(Oc2ccc(C(C)C)c(C)c2)n1. The predicted octanol–water partition coefficient (Wildman–Crippen LogP) is 4.40. The average Bonchev–Trinajstić information content (AvgIpc) is 2.41. The van der Waals surface area contributed by atoms with E-state index in [1.165, 1.54) is 17.3 Å². The van der Waals surface area contributed by atoms with E-state index in [0.717, 1.165) is 5.75 Å². The number of rotatable bonds is 4. The third kappa shape index (κ3) is 3.20. The van der Waals surface area contributed by atoms with Crippen LogP contribution in [0.5, 0.6) is 11.6 Å². The Balaban J connectivity index is 2.28. The Morgan fingerprint density at radius 2 is 2.05 bits per heavy atom. The Bertz CT molecular complexity index is 614. The molecule has 0 aliphatic carbocycles. The molecule has 20 heavy (non-hydrogen) atoms. The summed E-state index contributed by atoms with van der Waals surface area (Å²) in [5.74, 6) is 2.03. The van der Waals surface area contributed by atoms with Crippen LogP contribution in [0.15, 0.2) is 24.4 Å². The molecule has 4 nitrogen and oxygen atoms in total. The maximum absolute atomic E-state index is 6.05. The number of ether oxygens (including phenoxy) is 1. The second-order valence-corrected chi connectivity index (χ2v) is 5.28. The van der Waals surface area contributed by atoms with Crippen LogP contribution >= 0.6 is 11.6 Å². The molecule has 0 atom stereocenters. The zero-order valence-electron chi connectivity index (χ0n) is 12.1. The Hall–Kier alpha value is -1.81. The van der Waals surface area contributed by atoms with Crippen molar-refractivity contribution in [2.45, 2.75) is 26.7 Å². The molecule has 0 saturated carbocycles. The van der Waals surface area contributed by atoms with Gasteiger partial charge in [0.2, 0.25) is 11.8 Å². The zero-order valence-corrected chi connectivity index (χ0v) is 12.8. The molecule has 0 unspecified atom stereocenters. The fraction of sp³-hybridized carbons (Fsp3) is 0.333. The van der Waals surface area contributed by atoms with Crippen molar-refractivity contribution < 1.29 is 4.74 Å². The number of aryl methyl sites for hydroxylation is 1. The van der Waals surface area contributed by atoms with Crippen molar-refractivity contribution >= 4 is 17.5 Å². The van der Waals surface area contributed by atoms with Crippen LogP contribution in [0.25, 0.3) is 0 Å². The topological polar surface area (TPSA) is 47.0 Å². The van der Waals surface area contributed by atoms with E-state index in [9.17, 15) is 0 Å². The molecule has 0 aliphatic rings. The summed E-state index contributed by atoms with van der Waals surface area (Å²) < 4.78 is 5.74. The van der Waals surface area contributed by atoms with Crippen LogP contribution in [-0.2, 0) is 0 Å². The molecule has 0 amide bonds. The highest BCUT2D eigenvalue weighted by Crippen LogP contribution is 2.30. The van der Waals surface area contributed by atoms with Gasteiger partial charge in [-0.1, -0.05) is 31.5 Å². The van der Waals surface area contributed by atoms with Gasteiger partial charge in [0.05, 0.1) is 6.20 Å². The maximum atomic E-state index is 6.05. The van der Waals surface area contributed by atoms with Crippen LogP contribution in [0, 0.1) is 6.92 Å². The first-order chi connectivity index (χ1) is 9.51. The molecule has 0 aliphatic heterocycles. The molecule has 1 heterocycles. The summed E-state index contributed by atoms with van der Waals surface area (Å²) in [7, 11) is 1.74. The van der Waals surface area contributed by atoms with Crippen LogP contribution in [0.3, 0.4) is 0 Å². The summed E-state index contributed by atoms with van der Waals surface area (Å²) in [6.45, 7) is 6.41. The van der Waals surface area contributed by atoms with Gasteiger partial charge >= 0.3 is 0 Å². The molecule has 0 radical (unpaired) electrons. The lowest BCUT2D eigenvalue weighted by Crippen LogP contribution is -1.99. The molecule has 0 spiro atoms. The largest absolute Gasteiger partial charge is 0.437 e. The predicted molar refractivity (Wildman–Crippen MR) is 81.9 cm³/mol. The molecule has 0 bridgehead atoms. The van der Waals surface area contributed by atoms with Gasteiger partial charge in [-0.2, -0.15) is 4.98 Å². The standard InChI is InChI=1S/C15H18ClN3O/c1-9(2)12-6-5-11(7-10(12)3)20-14-13(16)8-18-15(17-4)19-14/h5-9H,1-4H3,(H,17,18,19). The fourth-order valence-corrected chi connectivity index (χ4v) is 2.14. The van der Waals surface area contributed by atoms with Gasteiger partial charge in [0.1, 0.15) is 10.8 Å². The van der Waals surface area contributed by atoms with E-state index in [0.29, 0.717) is 22.8 Å². The number of hydrogen-bond acceptors (Lipinski definition) is 4. The van der Waals surface area contributed by atoms with Crippen LogP contribution in [0.4, 0.5) is 5.95 Å². The summed E-state index contributed by atoms with van der Waals surface area (Å²) in [4.78, 5) is 8.22. The van der Waals surface area contributed by atoms with Crippen LogP contribution in [0.1, 0.15) is 30.9 Å². The lowest BCUT2D eigenvalue weighted by molar-refractivity contribution is 0.462. The average molecular weight is 292 g/mol. The van der Waals surface area contributed by atoms with Crippen molar-refractivity contribution in [2.75, 3.05) is 12.4 Å². The first kappa shape index (κ1) is 14.6. The summed E-state index contributed by atoms with van der Waals surface area (Å²) in [6.07, 6.45) is 1.52. The lowest BCUT2D eigenvalue weighted by Gasteiger charge is -2.12. The van der Waals surface area contributed by atoms with Crippen LogP contribution in [-0.4, -0.2) is 17.0 Å². The normalized spacial score (nSPS) is 10.7. The number of hydrogen-bond donors (Lipinski definition) is 1. The van der Waals surface area contributed by atoms with Crippen molar-refractivity contribution in [1.29, 1.82) is 0 Å². The van der Waals surface area contributed by atoms with E-state index >= 15 is 0 Å². The minimum Gasteiger partial charge on any atom is -0.437 e. The summed E-state index contributed by atoms with van der Waals surface area (Å²) in [6, 6.07) is 6.00. The fourth-order valence-electron chi connectivity index (χ4n) is 2.01. The molecule has 0 fully saturated rings. The van der Waals surface area contributed by atoms with Gasteiger partial charge in [0.15, 0.2) is 0 Å². The van der Waals surface area contributed by atoms with Crippen molar-refractivity contribution in [1.82, 2.24) is 9.97 Å². The smallest absolute Gasteiger partial charge is 0.243 e. The van der Waals surface area contributed by atoms with Gasteiger partial charge in [-0.3, -0.25) is 0 Å². The maximum Gasteiger partial charge on any atom is 0.243 e. The third-order valence-electron chi connectivity index (χ3n) is 3.01. The number of nitrogens with one attached hydrogen (secondary N) is 1. The Kier molecular flexibility index (Phi) is 4.45. The van der Waals surface area contributed by atoms with Gasteiger partial charge in [0.25, 0.3) is 0 Å². The highest BCUT2D eigenvalue weighted by Gasteiger charge is 2.09. The van der Waals surface area contributed by atoms with E-state index in [4.69, 9.17) is 16.3 Å².